The first kappa shape index (κ1) is 15.1. The van der Waals surface area contributed by atoms with Gasteiger partial charge in [0.1, 0.15) is 4.90 Å². The number of piperidine rings is 1. The molecule has 1 aromatic rings. The lowest BCUT2D eigenvalue weighted by atomic mass is 10.1. The van der Waals surface area contributed by atoms with Crippen LogP contribution in [-0.2, 0) is 10.0 Å². The highest BCUT2D eigenvalue weighted by Crippen LogP contribution is 2.42. The Morgan fingerprint density at radius 2 is 1.95 bits per heavy atom. The molecule has 2 aliphatic rings. The summed E-state index contributed by atoms with van der Waals surface area (Å²) >= 11 is 11.8. The van der Waals surface area contributed by atoms with E-state index in [0.717, 1.165) is 25.3 Å². The molecule has 2 unspecified atom stereocenters. The van der Waals surface area contributed by atoms with E-state index in [1.165, 1.54) is 10.4 Å². The summed E-state index contributed by atoms with van der Waals surface area (Å²) in [6.45, 7) is 0.481. The highest BCUT2D eigenvalue weighted by Gasteiger charge is 2.45. The molecule has 2 fully saturated rings. The van der Waals surface area contributed by atoms with Crippen LogP contribution in [-0.4, -0.2) is 36.4 Å². The Labute approximate surface area is 132 Å². The maximum Gasteiger partial charge on any atom is 0.337 e. The molecular formula is C13H13Cl2NO4S. The molecule has 0 radical (unpaired) electrons. The van der Waals surface area contributed by atoms with Gasteiger partial charge in [-0.25, -0.2) is 13.2 Å². The molecule has 5 nitrogen and oxygen atoms in total. The summed E-state index contributed by atoms with van der Waals surface area (Å²) in [7, 11) is -3.79. The molecule has 1 N–H and O–H groups in total. The summed E-state index contributed by atoms with van der Waals surface area (Å²) in [6, 6.07) is 2.22. The smallest absolute Gasteiger partial charge is 0.337 e. The van der Waals surface area contributed by atoms with Crippen molar-refractivity contribution >= 4 is 39.2 Å². The Bertz CT molecular complexity index is 719. The van der Waals surface area contributed by atoms with Crippen LogP contribution in [0.2, 0.25) is 10.0 Å². The van der Waals surface area contributed by atoms with E-state index in [1.807, 2.05) is 0 Å². The minimum absolute atomic E-state index is 0.0000211. The van der Waals surface area contributed by atoms with Gasteiger partial charge in [0, 0.05) is 12.6 Å². The summed E-state index contributed by atoms with van der Waals surface area (Å²) in [5.41, 5.74) is -0.260. The van der Waals surface area contributed by atoms with Crippen molar-refractivity contribution < 1.29 is 18.3 Å². The second-order valence-electron chi connectivity index (χ2n) is 5.48. The first-order valence-corrected chi connectivity index (χ1v) is 8.74. The van der Waals surface area contributed by atoms with Crippen LogP contribution in [0.1, 0.15) is 29.6 Å². The van der Waals surface area contributed by atoms with E-state index in [1.54, 1.807) is 0 Å². The number of aromatic carboxylic acids is 1. The van der Waals surface area contributed by atoms with E-state index in [-0.39, 0.29) is 26.5 Å². The van der Waals surface area contributed by atoms with Gasteiger partial charge in [-0.05, 0) is 37.3 Å². The molecule has 0 amide bonds. The fourth-order valence-electron chi connectivity index (χ4n) is 3.19. The molecule has 1 saturated heterocycles. The van der Waals surface area contributed by atoms with Gasteiger partial charge < -0.3 is 5.11 Å². The number of carboxylic acids is 1. The molecule has 1 aliphatic carbocycles. The van der Waals surface area contributed by atoms with E-state index in [0.29, 0.717) is 12.5 Å². The maximum absolute atomic E-state index is 12.7. The lowest BCUT2D eigenvalue weighted by Gasteiger charge is -2.26. The number of benzene rings is 1. The van der Waals surface area contributed by atoms with Crippen LogP contribution >= 0.6 is 23.2 Å². The molecular weight excluding hydrogens is 337 g/mol. The molecule has 1 aromatic carbocycles. The summed E-state index contributed by atoms with van der Waals surface area (Å²) in [5.74, 6) is -0.883. The largest absolute Gasteiger partial charge is 0.478 e. The zero-order chi connectivity index (χ0) is 15.4. The Morgan fingerprint density at radius 3 is 2.48 bits per heavy atom. The third-order valence-electron chi connectivity index (χ3n) is 4.20. The quantitative estimate of drug-likeness (QED) is 0.910. The van der Waals surface area contributed by atoms with Crippen molar-refractivity contribution in [1.82, 2.24) is 4.31 Å². The van der Waals surface area contributed by atoms with Crippen molar-refractivity contribution in [3.8, 4) is 0 Å². The third-order valence-corrected chi connectivity index (χ3v) is 6.89. The topological polar surface area (TPSA) is 74.7 Å². The van der Waals surface area contributed by atoms with Crippen LogP contribution in [0, 0.1) is 5.92 Å². The van der Waals surface area contributed by atoms with E-state index < -0.39 is 16.0 Å². The van der Waals surface area contributed by atoms with Crippen molar-refractivity contribution in [3.63, 3.8) is 0 Å². The summed E-state index contributed by atoms with van der Waals surface area (Å²) < 4.78 is 26.9. The van der Waals surface area contributed by atoms with Gasteiger partial charge in [-0.1, -0.05) is 23.2 Å². The number of fused-ring (bicyclic) bond motifs is 2. The highest BCUT2D eigenvalue weighted by molar-refractivity contribution is 7.89. The highest BCUT2D eigenvalue weighted by atomic mass is 35.5. The average Bonchev–Trinajstić information content (AvgIpc) is 3.00. The normalized spacial score (nSPS) is 25.4. The second-order valence-corrected chi connectivity index (χ2v) is 8.15. The van der Waals surface area contributed by atoms with Gasteiger partial charge in [0.2, 0.25) is 10.0 Å². The van der Waals surface area contributed by atoms with Gasteiger partial charge in [-0.3, -0.25) is 0 Å². The van der Waals surface area contributed by atoms with Crippen LogP contribution < -0.4 is 0 Å². The van der Waals surface area contributed by atoms with Crippen molar-refractivity contribution in [3.05, 3.63) is 27.7 Å². The van der Waals surface area contributed by atoms with E-state index in [9.17, 15) is 13.2 Å². The fourth-order valence-corrected chi connectivity index (χ4v) is 5.76. The molecule has 114 valence electrons. The molecule has 1 aliphatic heterocycles. The van der Waals surface area contributed by atoms with E-state index in [2.05, 4.69) is 0 Å². The number of nitrogens with zero attached hydrogens (tertiary/aromatic N) is 1. The lowest BCUT2D eigenvalue weighted by molar-refractivity contribution is 0.0697. The molecule has 0 spiro atoms. The molecule has 0 aromatic heterocycles. The molecule has 2 bridgehead atoms. The summed E-state index contributed by atoms with van der Waals surface area (Å²) in [5, 5.41) is 8.96. The summed E-state index contributed by atoms with van der Waals surface area (Å²) in [6.07, 6.45) is 2.77. The van der Waals surface area contributed by atoms with Crippen molar-refractivity contribution in [2.75, 3.05) is 6.54 Å². The monoisotopic (exact) mass is 349 g/mol. The van der Waals surface area contributed by atoms with Gasteiger partial charge in [0.25, 0.3) is 0 Å². The zero-order valence-electron chi connectivity index (χ0n) is 10.9. The number of carboxylic acid groups (broad SMARTS) is 1. The molecule has 8 heteroatoms. The number of carbonyl (C=O) groups is 1. The van der Waals surface area contributed by atoms with Crippen LogP contribution in [0.5, 0.6) is 0 Å². The first-order valence-electron chi connectivity index (χ1n) is 6.55. The second kappa shape index (κ2) is 5.12. The van der Waals surface area contributed by atoms with Crippen LogP contribution in [0.3, 0.4) is 0 Å². The zero-order valence-corrected chi connectivity index (χ0v) is 13.2. The predicted molar refractivity (Wildman–Crippen MR) is 78.4 cm³/mol. The van der Waals surface area contributed by atoms with Gasteiger partial charge in [0.05, 0.1) is 15.6 Å². The van der Waals surface area contributed by atoms with Gasteiger partial charge in [-0.15, -0.1) is 0 Å². The SMILES string of the molecule is O=C(O)c1cc(S(=O)(=O)N2CC3CCC2C3)c(Cl)cc1Cl. The van der Waals surface area contributed by atoms with Crippen molar-refractivity contribution in [1.29, 1.82) is 0 Å². The third kappa shape index (κ3) is 2.44. The van der Waals surface area contributed by atoms with Gasteiger partial charge in [0.15, 0.2) is 0 Å². The number of sulfonamides is 1. The lowest BCUT2D eigenvalue weighted by Crippen LogP contribution is -2.37. The number of hydrogen-bond donors (Lipinski definition) is 1. The maximum atomic E-state index is 12.7. The minimum Gasteiger partial charge on any atom is -0.478 e. The van der Waals surface area contributed by atoms with Crippen LogP contribution in [0.15, 0.2) is 17.0 Å². The minimum atomic E-state index is -3.79. The number of halogens is 2. The number of hydrogen-bond acceptors (Lipinski definition) is 3. The molecule has 3 rings (SSSR count). The standard InChI is InChI=1S/C13H13Cl2NO4S/c14-10-5-11(15)12(4-9(10)13(17)18)21(19,20)16-6-7-1-2-8(16)3-7/h4-5,7-8H,1-3,6H2,(H,17,18). The Hall–Kier alpha value is -0.820. The molecule has 21 heavy (non-hydrogen) atoms. The summed E-state index contributed by atoms with van der Waals surface area (Å²) in [4.78, 5) is 10.9. The molecule has 1 heterocycles. The predicted octanol–water partition coefficient (Wildman–Crippen LogP) is 2.86. The van der Waals surface area contributed by atoms with Crippen molar-refractivity contribution in [2.45, 2.75) is 30.2 Å². The fraction of sp³-hybridized carbons (Fsp3) is 0.462. The first-order chi connectivity index (χ1) is 9.80. The molecule has 1 saturated carbocycles. The van der Waals surface area contributed by atoms with Crippen LogP contribution in [0.4, 0.5) is 0 Å². The number of rotatable bonds is 3. The van der Waals surface area contributed by atoms with Gasteiger partial charge in [-0.2, -0.15) is 4.31 Å². The van der Waals surface area contributed by atoms with Crippen molar-refractivity contribution in [2.24, 2.45) is 5.92 Å². The average molecular weight is 350 g/mol. The van der Waals surface area contributed by atoms with Gasteiger partial charge >= 0.3 is 5.97 Å². The van der Waals surface area contributed by atoms with E-state index >= 15 is 0 Å². The Kier molecular flexibility index (Phi) is 3.68. The van der Waals surface area contributed by atoms with Crippen LogP contribution in [0.25, 0.3) is 0 Å². The molecule has 2 atom stereocenters. The Balaban J connectivity index is 2.07. The Morgan fingerprint density at radius 1 is 1.24 bits per heavy atom. The van der Waals surface area contributed by atoms with E-state index in [4.69, 9.17) is 28.3 Å².